The number of rotatable bonds is 4. The summed E-state index contributed by atoms with van der Waals surface area (Å²) in [6.45, 7) is 8.03. The van der Waals surface area contributed by atoms with E-state index < -0.39 is 6.03 Å². The number of aryl methyl sites for hydroxylation is 1. The van der Waals surface area contributed by atoms with Crippen molar-refractivity contribution < 1.29 is 9.53 Å². The van der Waals surface area contributed by atoms with E-state index in [9.17, 15) is 4.79 Å². The number of carbonyl (C=O) groups is 1. The van der Waals surface area contributed by atoms with E-state index in [1.54, 1.807) is 13.2 Å². The maximum absolute atomic E-state index is 12.9. The van der Waals surface area contributed by atoms with Crippen LogP contribution in [0.4, 0.5) is 16.2 Å². The summed E-state index contributed by atoms with van der Waals surface area (Å²) in [4.78, 5) is 17.5. The minimum Gasteiger partial charge on any atom is -0.496 e. The third-order valence-corrected chi connectivity index (χ3v) is 5.04. The van der Waals surface area contributed by atoms with Gasteiger partial charge in [-0.25, -0.2) is 9.79 Å². The molecule has 0 saturated carbocycles. The first kappa shape index (κ1) is 22.9. The van der Waals surface area contributed by atoms with E-state index >= 15 is 0 Å². The lowest BCUT2D eigenvalue weighted by atomic mass is 9.92. The molecule has 0 atom stereocenters. The average molecular weight is 431 g/mol. The SMILES string of the molecule is COc1ccc(NC(=O)NC(/C=C(\N)C(C)(C)C)=Nc2ccc(C)cc2)c2ccccc12. The highest BCUT2D eigenvalue weighted by molar-refractivity contribution is 6.11. The molecule has 166 valence electrons. The van der Waals surface area contributed by atoms with Crippen LogP contribution in [0.1, 0.15) is 26.3 Å². The van der Waals surface area contributed by atoms with Crippen LogP contribution in [0, 0.1) is 12.3 Å². The summed E-state index contributed by atoms with van der Waals surface area (Å²) in [7, 11) is 1.63. The van der Waals surface area contributed by atoms with Gasteiger partial charge in [-0.3, -0.25) is 5.32 Å². The largest absolute Gasteiger partial charge is 0.496 e. The van der Waals surface area contributed by atoms with Gasteiger partial charge in [-0.15, -0.1) is 0 Å². The molecular formula is C26H30N4O2. The van der Waals surface area contributed by atoms with Crippen molar-refractivity contribution >= 4 is 34.0 Å². The van der Waals surface area contributed by atoms with Crippen molar-refractivity contribution in [1.82, 2.24) is 5.32 Å². The van der Waals surface area contributed by atoms with E-state index in [1.165, 1.54) is 0 Å². The van der Waals surface area contributed by atoms with Gasteiger partial charge in [0.2, 0.25) is 0 Å². The number of ether oxygens (including phenoxy) is 1. The smallest absolute Gasteiger partial charge is 0.324 e. The Morgan fingerprint density at radius 3 is 2.28 bits per heavy atom. The van der Waals surface area contributed by atoms with E-state index in [2.05, 4.69) is 15.6 Å². The van der Waals surface area contributed by atoms with Crippen molar-refractivity contribution in [1.29, 1.82) is 0 Å². The number of hydrogen-bond donors (Lipinski definition) is 3. The van der Waals surface area contributed by atoms with Crippen molar-refractivity contribution in [3.63, 3.8) is 0 Å². The summed E-state index contributed by atoms with van der Waals surface area (Å²) in [5, 5.41) is 7.55. The minimum atomic E-state index is -0.413. The van der Waals surface area contributed by atoms with Crippen LogP contribution in [0.2, 0.25) is 0 Å². The fourth-order valence-corrected chi connectivity index (χ4v) is 3.05. The van der Waals surface area contributed by atoms with E-state index in [0.717, 1.165) is 27.8 Å². The van der Waals surface area contributed by atoms with Crippen LogP contribution < -0.4 is 21.1 Å². The molecule has 0 bridgehead atoms. The molecule has 0 aliphatic heterocycles. The first-order chi connectivity index (χ1) is 15.2. The molecule has 32 heavy (non-hydrogen) atoms. The standard InChI is InChI=1S/C26H30N4O2/c1-17-10-12-18(13-11-17)28-24(16-23(27)26(2,3)4)30-25(31)29-21-14-15-22(32-5)20-9-7-6-8-19(20)21/h6-16H,27H2,1-5H3,(H2,28,29,30,31)/b23-16-. The average Bonchev–Trinajstić information content (AvgIpc) is 2.75. The second-order valence-electron chi connectivity index (χ2n) is 8.62. The Bertz CT molecular complexity index is 1170. The quantitative estimate of drug-likeness (QED) is 0.356. The van der Waals surface area contributed by atoms with E-state index in [4.69, 9.17) is 10.5 Å². The Balaban J connectivity index is 1.90. The molecule has 3 aromatic rings. The number of benzene rings is 3. The highest BCUT2D eigenvalue weighted by atomic mass is 16.5. The van der Waals surface area contributed by atoms with Crippen molar-refractivity contribution in [2.24, 2.45) is 16.1 Å². The number of fused-ring (bicyclic) bond motifs is 1. The molecule has 6 heteroatoms. The number of hydrogen-bond acceptors (Lipinski definition) is 4. The van der Waals surface area contributed by atoms with Gasteiger partial charge in [-0.1, -0.05) is 62.7 Å². The van der Waals surface area contributed by atoms with Crippen LogP contribution in [-0.4, -0.2) is 19.0 Å². The molecule has 4 N–H and O–H groups in total. The number of nitrogens with one attached hydrogen (secondary N) is 2. The van der Waals surface area contributed by atoms with Gasteiger partial charge in [0.25, 0.3) is 0 Å². The predicted molar refractivity (Wildman–Crippen MR) is 133 cm³/mol. The predicted octanol–water partition coefficient (Wildman–Crippen LogP) is 5.90. The van der Waals surface area contributed by atoms with Crippen molar-refractivity contribution in [2.45, 2.75) is 27.7 Å². The third-order valence-electron chi connectivity index (χ3n) is 5.04. The number of aliphatic imine (C=N–C) groups is 1. The van der Waals surface area contributed by atoms with Crippen molar-refractivity contribution in [3.8, 4) is 5.75 Å². The Hall–Kier alpha value is -3.80. The number of allylic oxidation sites excluding steroid dienone is 1. The van der Waals surface area contributed by atoms with Gasteiger partial charge in [0.15, 0.2) is 0 Å². The molecule has 0 saturated heterocycles. The Kier molecular flexibility index (Phi) is 6.83. The number of nitrogens with two attached hydrogens (primary N) is 1. The van der Waals surface area contributed by atoms with Gasteiger partial charge in [0, 0.05) is 28.0 Å². The first-order valence-electron chi connectivity index (χ1n) is 10.4. The summed E-state index contributed by atoms with van der Waals surface area (Å²) in [6, 6.07) is 18.7. The Morgan fingerprint density at radius 1 is 1.00 bits per heavy atom. The van der Waals surface area contributed by atoms with Crippen LogP contribution in [0.15, 0.2) is 77.4 Å². The van der Waals surface area contributed by atoms with E-state index in [1.807, 2.05) is 88.4 Å². The number of anilines is 1. The summed E-state index contributed by atoms with van der Waals surface area (Å²) in [6.07, 6.45) is 1.70. The molecule has 0 heterocycles. The molecule has 2 amide bonds. The van der Waals surface area contributed by atoms with Gasteiger partial charge in [0.1, 0.15) is 11.6 Å². The Morgan fingerprint density at radius 2 is 1.66 bits per heavy atom. The number of nitrogens with zero attached hydrogens (tertiary/aromatic N) is 1. The fourth-order valence-electron chi connectivity index (χ4n) is 3.05. The van der Waals surface area contributed by atoms with Gasteiger partial charge < -0.3 is 15.8 Å². The number of carbonyl (C=O) groups excluding carboxylic acids is 1. The van der Waals surface area contributed by atoms with Gasteiger partial charge >= 0.3 is 6.03 Å². The van der Waals surface area contributed by atoms with Gasteiger partial charge in [0.05, 0.1) is 18.5 Å². The molecule has 0 fully saturated rings. The van der Waals surface area contributed by atoms with Crippen LogP contribution in [0.25, 0.3) is 10.8 Å². The zero-order chi connectivity index (χ0) is 23.3. The zero-order valence-electron chi connectivity index (χ0n) is 19.2. The molecule has 3 rings (SSSR count). The van der Waals surface area contributed by atoms with Crippen LogP contribution in [0.5, 0.6) is 5.75 Å². The first-order valence-corrected chi connectivity index (χ1v) is 10.4. The van der Waals surface area contributed by atoms with E-state index in [0.29, 0.717) is 17.2 Å². The maximum Gasteiger partial charge on any atom is 0.324 e. The van der Waals surface area contributed by atoms with Gasteiger partial charge in [-0.05, 0) is 31.2 Å². The third kappa shape index (κ3) is 5.66. The fraction of sp³-hybridized carbons (Fsp3) is 0.231. The summed E-state index contributed by atoms with van der Waals surface area (Å²) >= 11 is 0. The zero-order valence-corrected chi connectivity index (χ0v) is 19.2. The lowest BCUT2D eigenvalue weighted by molar-refractivity contribution is 0.256. The number of amidine groups is 1. The lowest BCUT2D eigenvalue weighted by Crippen LogP contribution is -2.34. The number of urea groups is 1. The molecular weight excluding hydrogens is 400 g/mol. The summed E-state index contributed by atoms with van der Waals surface area (Å²) < 4.78 is 5.43. The second-order valence-corrected chi connectivity index (χ2v) is 8.62. The molecule has 0 spiro atoms. The molecule has 6 nitrogen and oxygen atoms in total. The number of methoxy groups -OCH3 is 1. The second kappa shape index (κ2) is 9.56. The van der Waals surface area contributed by atoms with Crippen LogP contribution in [-0.2, 0) is 0 Å². The maximum atomic E-state index is 12.9. The number of amides is 2. The topological polar surface area (TPSA) is 88.7 Å². The Labute approximate surface area is 189 Å². The van der Waals surface area contributed by atoms with Crippen molar-refractivity contribution in [2.75, 3.05) is 12.4 Å². The molecule has 0 unspecified atom stereocenters. The van der Waals surface area contributed by atoms with Gasteiger partial charge in [-0.2, -0.15) is 0 Å². The molecule has 0 aromatic heterocycles. The molecule has 0 aliphatic rings. The highest BCUT2D eigenvalue weighted by Gasteiger charge is 2.16. The normalized spacial score (nSPS) is 12.5. The lowest BCUT2D eigenvalue weighted by Gasteiger charge is -2.19. The minimum absolute atomic E-state index is 0.265. The monoisotopic (exact) mass is 430 g/mol. The van der Waals surface area contributed by atoms with E-state index in [-0.39, 0.29) is 5.41 Å². The van der Waals surface area contributed by atoms with Crippen LogP contribution >= 0.6 is 0 Å². The molecule has 0 radical (unpaired) electrons. The summed E-state index contributed by atoms with van der Waals surface area (Å²) in [5.74, 6) is 1.10. The van der Waals surface area contributed by atoms with Crippen molar-refractivity contribution in [3.05, 3.63) is 78.0 Å². The molecule has 0 aliphatic carbocycles. The molecule has 3 aromatic carbocycles. The van der Waals surface area contributed by atoms with Crippen LogP contribution in [0.3, 0.4) is 0 Å². The highest BCUT2D eigenvalue weighted by Crippen LogP contribution is 2.31. The summed E-state index contributed by atoms with van der Waals surface area (Å²) in [5.41, 5.74) is 9.12.